The number of rotatable bonds is 7. The van der Waals surface area contributed by atoms with Gasteiger partial charge in [0.15, 0.2) is 0 Å². The Morgan fingerprint density at radius 2 is 1.88 bits per heavy atom. The number of sulfonamides is 1. The van der Waals surface area contributed by atoms with Crippen molar-refractivity contribution in [1.82, 2.24) is 24.6 Å². The number of piperazine rings is 1. The number of nitrogens with one attached hydrogen (secondary N) is 1. The Morgan fingerprint density at radius 3 is 2.58 bits per heavy atom. The van der Waals surface area contributed by atoms with Crippen LogP contribution < -0.4 is 5.32 Å². The van der Waals surface area contributed by atoms with Crippen LogP contribution >= 0.6 is 0 Å². The number of hydrogen-bond acceptors (Lipinski definition) is 5. The van der Waals surface area contributed by atoms with Gasteiger partial charge < -0.3 is 5.32 Å². The highest BCUT2D eigenvalue weighted by Crippen LogP contribution is 2.22. The van der Waals surface area contributed by atoms with Gasteiger partial charge in [0.25, 0.3) is 0 Å². The Balaban J connectivity index is 1.47. The predicted molar refractivity (Wildman–Crippen MR) is 124 cm³/mol. The molecule has 3 aromatic rings. The highest BCUT2D eigenvalue weighted by Gasteiger charge is 2.38. The minimum Gasteiger partial charge on any atom is -0.353 e. The van der Waals surface area contributed by atoms with Crippen molar-refractivity contribution in [2.24, 2.45) is 0 Å². The maximum absolute atomic E-state index is 13.2. The molecule has 1 N–H and O–H groups in total. The molecular formula is C24H25N5O3S. The average Bonchev–Trinajstić information content (AvgIpc) is 3.27. The van der Waals surface area contributed by atoms with E-state index in [0.717, 1.165) is 23.1 Å². The highest BCUT2D eigenvalue weighted by molar-refractivity contribution is 7.89. The lowest BCUT2D eigenvalue weighted by Gasteiger charge is -2.33. The van der Waals surface area contributed by atoms with Crippen molar-refractivity contribution >= 4 is 15.9 Å². The number of aromatic nitrogens is 3. The molecule has 0 saturated carbocycles. The van der Waals surface area contributed by atoms with E-state index >= 15 is 0 Å². The van der Waals surface area contributed by atoms with Gasteiger partial charge in [-0.1, -0.05) is 41.0 Å². The molecule has 4 rings (SSSR count). The summed E-state index contributed by atoms with van der Waals surface area (Å²) in [5.41, 5.74) is 3.47. The van der Waals surface area contributed by atoms with E-state index in [0.29, 0.717) is 12.2 Å². The molecule has 9 heteroatoms. The topological polar surface area (TPSA) is 97.2 Å². The van der Waals surface area contributed by atoms with Gasteiger partial charge >= 0.3 is 0 Å². The number of benzene rings is 2. The second-order valence-corrected chi connectivity index (χ2v) is 9.89. The number of nitrogens with zero attached hydrogens (tertiary/aromatic N) is 4. The predicted octanol–water partition coefficient (Wildman–Crippen LogP) is 1.54. The molecule has 1 atom stereocenters. The van der Waals surface area contributed by atoms with Gasteiger partial charge in [0.05, 0.1) is 10.6 Å². The lowest BCUT2D eigenvalue weighted by molar-refractivity contribution is -0.126. The number of terminal acetylenes is 1. The molecule has 170 valence electrons. The van der Waals surface area contributed by atoms with Crippen molar-refractivity contribution in [2.45, 2.75) is 37.2 Å². The summed E-state index contributed by atoms with van der Waals surface area (Å²) in [4.78, 5) is 12.8. The minimum absolute atomic E-state index is 0.147. The maximum Gasteiger partial charge on any atom is 0.243 e. The summed E-state index contributed by atoms with van der Waals surface area (Å²) < 4.78 is 29.5. The van der Waals surface area contributed by atoms with Crippen molar-refractivity contribution in [3.05, 3.63) is 77.1 Å². The number of carbonyl (C=O) groups excluding carboxylic acids is 1. The van der Waals surface area contributed by atoms with Gasteiger partial charge in [-0.3, -0.25) is 9.48 Å². The summed E-state index contributed by atoms with van der Waals surface area (Å²) in [7, 11) is -3.82. The van der Waals surface area contributed by atoms with E-state index in [1.165, 1.54) is 4.31 Å². The van der Waals surface area contributed by atoms with Crippen molar-refractivity contribution in [1.29, 1.82) is 0 Å². The van der Waals surface area contributed by atoms with Crippen molar-refractivity contribution in [3.8, 4) is 12.3 Å². The largest absolute Gasteiger partial charge is 0.353 e. The summed E-state index contributed by atoms with van der Waals surface area (Å²) in [5, 5.41) is 11.1. The van der Waals surface area contributed by atoms with E-state index in [-0.39, 0.29) is 30.3 Å². The minimum atomic E-state index is -3.82. The Kier molecular flexibility index (Phi) is 6.58. The Bertz CT molecular complexity index is 1270. The second-order valence-electron chi connectivity index (χ2n) is 8.00. The highest BCUT2D eigenvalue weighted by atomic mass is 32.2. The first-order valence-electron chi connectivity index (χ1n) is 10.7. The molecule has 2 aromatic carbocycles. The van der Waals surface area contributed by atoms with E-state index in [1.54, 1.807) is 35.1 Å². The zero-order chi connectivity index (χ0) is 23.4. The lowest BCUT2D eigenvalue weighted by Crippen LogP contribution is -2.57. The third-order valence-electron chi connectivity index (χ3n) is 5.65. The molecule has 8 nitrogen and oxygen atoms in total. The smallest absolute Gasteiger partial charge is 0.243 e. The van der Waals surface area contributed by atoms with Crippen LogP contribution in [0.5, 0.6) is 0 Å². The number of amides is 1. The second kappa shape index (κ2) is 9.57. The fraction of sp³-hybridized carbons (Fsp3) is 0.292. The van der Waals surface area contributed by atoms with Crippen molar-refractivity contribution < 1.29 is 13.2 Å². The van der Waals surface area contributed by atoms with Gasteiger partial charge in [-0.15, -0.1) is 11.5 Å². The number of aryl methyl sites for hydroxylation is 3. The van der Waals surface area contributed by atoms with Crippen molar-refractivity contribution in [2.75, 3.05) is 13.1 Å². The van der Waals surface area contributed by atoms with Gasteiger partial charge in [-0.25, -0.2) is 8.42 Å². The third kappa shape index (κ3) is 5.13. The fourth-order valence-corrected chi connectivity index (χ4v) is 5.36. The summed E-state index contributed by atoms with van der Waals surface area (Å²) in [5.74, 6) is 2.26. The first-order chi connectivity index (χ1) is 15.9. The van der Waals surface area contributed by atoms with E-state index < -0.39 is 16.1 Å². The van der Waals surface area contributed by atoms with Crippen LogP contribution in [0.1, 0.15) is 22.4 Å². The van der Waals surface area contributed by atoms with E-state index in [4.69, 9.17) is 6.42 Å². The standard InChI is InChI=1S/C24H25N5O3S/c1-3-19-6-8-20(9-7-19)12-14-28-17-21(26-27-28)16-23-24(30)25-13-15-29(23)33(31,32)22-10-4-18(2)5-11-22/h1,4-11,17,23H,12-16H2,2H3,(H,25,30)/t23-/m1/s1. The molecule has 1 aromatic heterocycles. The number of hydrogen-bond donors (Lipinski definition) is 1. The van der Waals surface area contributed by atoms with Crippen molar-refractivity contribution in [3.63, 3.8) is 0 Å². The molecule has 2 heterocycles. The molecule has 0 spiro atoms. The van der Waals surface area contributed by atoms with Crippen LogP contribution in [0.4, 0.5) is 0 Å². The summed E-state index contributed by atoms with van der Waals surface area (Å²) in [6.07, 6.45) is 8.03. The van der Waals surface area contributed by atoms with Crippen LogP contribution in [0.25, 0.3) is 0 Å². The molecule has 1 aliphatic rings. The summed E-state index contributed by atoms with van der Waals surface area (Å²) >= 11 is 0. The normalized spacial score (nSPS) is 16.8. The van der Waals surface area contributed by atoms with Crippen LogP contribution in [0.3, 0.4) is 0 Å². The van der Waals surface area contributed by atoms with Crippen LogP contribution in [-0.4, -0.2) is 52.8 Å². The van der Waals surface area contributed by atoms with Crippen LogP contribution in [-0.2, 0) is 34.2 Å². The first-order valence-corrected chi connectivity index (χ1v) is 12.1. The lowest BCUT2D eigenvalue weighted by atomic mass is 10.1. The van der Waals surface area contributed by atoms with Crippen LogP contribution in [0, 0.1) is 19.3 Å². The summed E-state index contributed by atoms with van der Waals surface area (Å²) in [6, 6.07) is 13.5. The Hall–Kier alpha value is -3.48. The van der Waals surface area contributed by atoms with Gasteiger partial charge in [0.1, 0.15) is 6.04 Å². The molecule has 1 amide bonds. The maximum atomic E-state index is 13.2. The average molecular weight is 464 g/mol. The summed E-state index contributed by atoms with van der Waals surface area (Å²) in [6.45, 7) is 2.97. The third-order valence-corrected chi connectivity index (χ3v) is 7.57. The monoisotopic (exact) mass is 463 g/mol. The first kappa shape index (κ1) is 22.7. The zero-order valence-electron chi connectivity index (χ0n) is 18.3. The zero-order valence-corrected chi connectivity index (χ0v) is 19.1. The van der Waals surface area contributed by atoms with Gasteiger partial charge in [0, 0.05) is 37.8 Å². The molecule has 0 unspecified atom stereocenters. The Morgan fingerprint density at radius 1 is 1.15 bits per heavy atom. The van der Waals surface area contributed by atoms with E-state index in [2.05, 4.69) is 21.5 Å². The molecule has 33 heavy (non-hydrogen) atoms. The van der Waals surface area contributed by atoms with Gasteiger partial charge in [0.2, 0.25) is 15.9 Å². The Labute approximate surface area is 193 Å². The quantitative estimate of drug-likeness (QED) is 0.536. The van der Waals surface area contributed by atoms with E-state index in [1.807, 2.05) is 31.2 Å². The molecule has 1 fully saturated rings. The molecular weight excluding hydrogens is 438 g/mol. The fourth-order valence-electron chi connectivity index (χ4n) is 3.77. The van der Waals surface area contributed by atoms with Crippen LogP contribution in [0.15, 0.2) is 59.6 Å². The molecule has 1 aliphatic heterocycles. The SMILES string of the molecule is C#Cc1ccc(CCn2cc(C[C@@H]3C(=O)NCCN3S(=O)(=O)c3ccc(C)cc3)nn2)cc1. The molecule has 1 saturated heterocycles. The van der Waals surface area contributed by atoms with Gasteiger partial charge in [-0.2, -0.15) is 4.31 Å². The van der Waals surface area contributed by atoms with E-state index in [9.17, 15) is 13.2 Å². The number of carbonyl (C=O) groups is 1. The molecule has 0 radical (unpaired) electrons. The van der Waals surface area contributed by atoms with Gasteiger partial charge in [-0.05, 0) is 43.2 Å². The molecule has 0 bridgehead atoms. The van der Waals surface area contributed by atoms with Crippen LogP contribution in [0.2, 0.25) is 0 Å². The molecule has 0 aliphatic carbocycles.